The van der Waals surface area contributed by atoms with Crippen molar-refractivity contribution in [2.45, 2.75) is 36.7 Å². The molecular formula is C18H18N4O7S. The molecule has 0 amide bonds. The number of sulfonamides is 1. The van der Waals surface area contributed by atoms with Crippen LogP contribution in [0.25, 0.3) is 10.9 Å². The quantitative estimate of drug-likeness (QED) is 0.451. The molecule has 30 heavy (non-hydrogen) atoms. The first-order valence-corrected chi connectivity index (χ1v) is 10.5. The minimum Gasteiger partial charge on any atom is -0.404 e. The molecule has 1 aliphatic rings. The summed E-state index contributed by atoms with van der Waals surface area (Å²) in [6.45, 7) is 1.47. The van der Waals surface area contributed by atoms with Crippen molar-refractivity contribution >= 4 is 26.8 Å². The summed E-state index contributed by atoms with van der Waals surface area (Å²) in [6, 6.07) is 6.40. The molecule has 3 aromatic rings. The molecule has 0 spiro atoms. The minimum atomic E-state index is -3.84. The van der Waals surface area contributed by atoms with Gasteiger partial charge in [0.1, 0.15) is 10.7 Å². The van der Waals surface area contributed by atoms with Gasteiger partial charge in [0.05, 0.1) is 28.4 Å². The number of nitro groups is 1. The van der Waals surface area contributed by atoms with E-state index < -0.39 is 37.6 Å². The number of furan rings is 1. The Labute approximate surface area is 169 Å². The van der Waals surface area contributed by atoms with E-state index in [4.69, 9.17) is 4.42 Å². The van der Waals surface area contributed by atoms with Crippen molar-refractivity contribution in [3.63, 3.8) is 0 Å². The van der Waals surface area contributed by atoms with Crippen LogP contribution in [0.3, 0.4) is 0 Å². The molecule has 1 aromatic carbocycles. The average Bonchev–Trinajstić information content (AvgIpc) is 3.21. The SMILES string of the molecule is Cn1c(=O)n(Cc2ccc([N+](=O)[O-])o2)c(=O)c2cc(S(=O)(=O)NC3(C)CC3)ccc21. The van der Waals surface area contributed by atoms with Crippen LogP contribution < -0.4 is 16.0 Å². The second-order valence-corrected chi connectivity index (χ2v) is 9.26. The molecule has 0 atom stereocenters. The van der Waals surface area contributed by atoms with E-state index in [-0.39, 0.29) is 28.1 Å². The van der Waals surface area contributed by atoms with Gasteiger partial charge in [-0.2, -0.15) is 0 Å². The highest BCUT2D eigenvalue weighted by Gasteiger charge is 2.41. The summed E-state index contributed by atoms with van der Waals surface area (Å²) in [4.78, 5) is 35.6. The molecule has 0 aliphatic heterocycles. The minimum absolute atomic E-state index is 0.0296. The number of rotatable bonds is 6. The Balaban J connectivity index is 1.82. The zero-order chi connectivity index (χ0) is 21.8. The van der Waals surface area contributed by atoms with E-state index in [1.54, 1.807) is 6.92 Å². The highest BCUT2D eigenvalue weighted by molar-refractivity contribution is 7.89. The van der Waals surface area contributed by atoms with E-state index in [9.17, 15) is 28.1 Å². The number of nitrogens with one attached hydrogen (secondary N) is 1. The molecule has 1 fully saturated rings. The summed E-state index contributed by atoms with van der Waals surface area (Å²) in [6.07, 6.45) is 1.47. The Morgan fingerprint density at radius 1 is 1.23 bits per heavy atom. The predicted octanol–water partition coefficient (Wildman–Crippen LogP) is 1.08. The fourth-order valence-corrected chi connectivity index (χ4v) is 4.67. The van der Waals surface area contributed by atoms with Crippen LogP contribution in [0.15, 0.2) is 49.2 Å². The van der Waals surface area contributed by atoms with Crippen molar-refractivity contribution in [2.75, 3.05) is 0 Å². The zero-order valence-corrected chi connectivity index (χ0v) is 16.9. The summed E-state index contributed by atoms with van der Waals surface area (Å²) in [5.74, 6) is -0.462. The monoisotopic (exact) mass is 434 g/mol. The Morgan fingerprint density at radius 3 is 2.53 bits per heavy atom. The lowest BCUT2D eigenvalue weighted by atomic mass is 10.2. The molecule has 158 valence electrons. The van der Waals surface area contributed by atoms with Crippen molar-refractivity contribution in [2.24, 2.45) is 7.05 Å². The van der Waals surface area contributed by atoms with E-state index in [1.807, 2.05) is 0 Å². The van der Waals surface area contributed by atoms with Crippen LogP contribution in [-0.4, -0.2) is 28.0 Å². The van der Waals surface area contributed by atoms with Crippen molar-refractivity contribution in [1.29, 1.82) is 0 Å². The summed E-state index contributed by atoms with van der Waals surface area (Å²) >= 11 is 0. The molecule has 0 unspecified atom stereocenters. The summed E-state index contributed by atoms with van der Waals surface area (Å²) < 4.78 is 35.0. The first-order valence-electron chi connectivity index (χ1n) is 9.01. The molecular weight excluding hydrogens is 416 g/mol. The van der Waals surface area contributed by atoms with Crippen LogP contribution in [-0.2, 0) is 23.6 Å². The molecule has 1 aliphatic carbocycles. The van der Waals surface area contributed by atoms with Gasteiger partial charge < -0.3 is 4.42 Å². The summed E-state index contributed by atoms with van der Waals surface area (Å²) in [7, 11) is -2.40. The Bertz CT molecular complexity index is 1410. The van der Waals surface area contributed by atoms with Gasteiger partial charge in [-0.3, -0.25) is 24.0 Å². The molecule has 2 aromatic heterocycles. The van der Waals surface area contributed by atoms with Gasteiger partial charge in [-0.1, -0.05) is 0 Å². The second kappa shape index (κ2) is 6.64. The third kappa shape index (κ3) is 3.44. The van der Waals surface area contributed by atoms with Crippen LogP contribution in [0.5, 0.6) is 0 Å². The molecule has 0 radical (unpaired) electrons. The largest absolute Gasteiger partial charge is 0.433 e. The summed E-state index contributed by atoms with van der Waals surface area (Å²) in [5.41, 5.74) is -1.60. The van der Waals surface area contributed by atoms with E-state index >= 15 is 0 Å². The Kier molecular flexibility index (Phi) is 4.43. The maximum atomic E-state index is 13.0. The average molecular weight is 434 g/mol. The molecule has 0 bridgehead atoms. The van der Waals surface area contributed by atoms with E-state index in [0.717, 1.165) is 23.5 Å². The van der Waals surface area contributed by atoms with Gasteiger partial charge in [-0.15, -0.1) is 0 Å². The molecule has 2 heterocycles. The van der Waals surface area contributed by atoms with Crippen LogP contribution >= 0.6 is 0 Å². The van der Waals surface area contributed by atoms with Crippen LogP contribution in [0, 0.1) is 10.1 Å². The highest BCUT2D eigenvalue weighted by atomic mass is 32.2. The standard InChI is InChI=1S/C18H18N4O7S/c1-18(7-8-18)19-30(27,28)12-4-5-14-13(9-12)16(23)21(17(24)20(14)2)10-11-3-6-15(29-11)22(25)26/h3-6,9,19H,7-8,10H2,1-2H3. The maximum Gasteiger partial charge on any atom is 0.433 e. The number of nitrogens with zero attached hydrogens (tertiary/aromatic N) is 3. The van der Waals surface area contributed by atoms with Gasteiger partial charge in [0.25, 0.3) is 5.56 Å². The molecule has 4 rings (SSSR count). The van der Waals surface area contributed by atoms with E-state index in [0.29, 0.717) is 0 Å². The van der Waals surface area contributed by atoms with Crippen LogP contribution in [0.2, 0.25) is 0 Å². The Hall–Kier alpha value is -3.25. The zero-order valence-electron chi connectivity index (χ0n) is 16.1. The fourth-order valence-electron chi connectivity index (χ4n) is 3.18. The van der Waals surface area contributed by atoms with Gasteiger partial charge >= 0.3 is 11.6 Å². The van der Waals surface area contributed by atoms with Crippen molar-refractivity contribution in [3.05, 3.63) is 67.0 Å². The normalized spacial score (nSPS) is 15.4. The third-order valence-electron chi connectivity index (χ3n) is 5.16. The van der Waals surface area contributed by atoms with Gasteiger partial charge in [-0.25, -0.2) is 17.9 Å². The maximum absolute atomic E-state index is 13.0. The van der Waals surface area contributed by atoms with Crippen LogP contribution in [0.1, 0.15) is 25.5 Å². The van der Waals surface area contributed by atoms with Gasteiger partial charge in [0, 0.05) is 12.6 Å². The highest BCUT2D eigenvalue weighted by Crippen LogP contribution is 2.36. The van der Waals surface area contributed by atoms with E-state index in [1.165, 1.54) is 35.9 Å². The number of benzene rings is 1. The van der Waals surface area contributed by atoms with E-state index in [2.05, 4.69) is 4.72 Å². The van der Waals surface area contributed by atoms with Crippen molar-refractivity contribution in [1.82, 2.24) is 13.9 Å². The number of fused-ring (bicyclic) bond motifs is 1. The number of aryl methyl sites for hydroxylation is 1. The molecule has 12 heteroatoms. The number of hydrogen-bond donors (Lipinski definition) is 1. The molecule has 1 saturated carbocycles. The van der Waals surface area contributed by atoms with Crippen LogP contribution in [0.4, 0.5) is 5.88 Å². The smallest absolute Gasteiger partial charge is 0.404 e. The molecule has 11 nitrogen and oxygen atoms in total. The molecule has 1 N–H and O–H groups in total. The lowest BCUT2D eigenvalue weighted by Gasteiger charge is -2.14. The lowest BCUT2D eigenvalue weighted by Crippen LogP contribution is -2.39. The first kappa shape index (κ1) is 20.0. The van der Waals surface area contributed by atoms with Gasteiger partial charge in [0.15, 0.2) is 0 Å². The lowest BCUT2D eigenvalue weighted by molar-refractivity contribution is -0.402. The van der Waals surface area contributed by atoms with Crippen molar-refractivity contribution < 1.29 is 17.8 Å². The third-order valence-corrected chi connectivity index (χ3v) is 6.79. The van der Waals surface area contributed by atoms with Gasteiger partial charge in [0.2, 0.25) is 10.0 Å². The number of hydrogen-bond acceptors (Lipinski definition) is 7. The number of aromatic nitrogens is 2. The van der Waals surface area contributed by atoms with Crippen molar-refractivity contribution in [3.8, 4) is 0 Å². The fraction of sp³-hybridized carbons (Fsp3) is 0.333. The summed E-state index contributed by atoms with van der Waals surface area (Å²) in [5, 5.41) is 10.8. The van der Waals surface area contributed by atoms with Gasteiger partial charge in [-0.05, 0) is 44.0 Å². The molecule has 0 saturated heterocycles. The Morgan fingerprint density at radius 2 is 1.93 bits per heavy atom. The first-order chi connectivity index (χ1) is 14.0. The topological polar surface area (TPSA) is 146 Å². The second-order valence-electron chi connectivity index (χ2n) is 7.58. The predicted molar refractivity (Wildman–Crippen MR) is 106 cm³/mol.